The molecule has 0 bridgehead atoms. The molecule has 0 unspecified atom stereocenters. The lowest BCUT2D eigenvalue weighted by molar-refractivity contribution is 0.0209. The Hall–Kier alpha value is -2.95. The average Bonchev–Trinajstić information content (AvgIpc) is 3.50. The summed E-state index contributed by atoms with van der Waals surface area (Å²) in [7, 11) is 0. The van der Waals surface area contributed by atoms with Crippen molar-refractivity contribution >= 4 is 53.0 Å². The van der Waals surface area contributed by atoms with E-state index in [4.69, 9.17) is 49.7 Å². The molecule has 186 valence electrons. The highest BCUT2D eigenvalue weighted by atomic mass is 35.5. The number of aromatic nitrogens is 3. The molecule has 2 aromatic heterocycles. The molecule has 0 aliphatic carbocycles. The topological polar surface area (TPSA) is 72.8 Å². The van der Waals surface area contributed by atoms with Gasteiger partial charge in [-0.25, -0.2) is 4.68 Å². The fourth-order valence-corrected chi connectivity index (χ4v) is 4.64. The number of morpholine rings is 1. The van der Waals surface area contributed by atoms with Crippen LogP contribution in [0.2, 0.25) is 10.0 Å². The van der Waals surface area contributed by atoms with Crippen LogP contribution in [0, 0.1) is 4.77 Å². The van der Waals surface area contributed by atoms with Gasteiger partial charge in [0.1, 0.15) is 5.76 Å². The number of hydrogen-bond donors (Lipinski definition) is 1. The second kappa shape index (κ2) is 11.4. The zero-order valence-corrected chi connectivity index (χ0v) is 21.6. The first-order valence-electron chi connectivity index (χ1n) is 11.4. The van der Waals surface area contributed by atoms with Gasteiger partial charge < -0.3 is 14.5 Å². The Labute approximate surface area is 223 Å². The molecule has 1 aliphatic heterocycles. The van der Waals surface area contributed by atoms with Crippen LogP contribution in [0.5, 0.6) is 0 Å². The van der Waals surface area contributed by atoms with Crippen LogP contribution in [0.4, 0.5) is 11.4 Å². The molecule has 1 saturated heterocycles. The molecule has 0 amide bonds. The second-order valence-electron chi connectivity index (χ2n) is 8.20. The predicted octanol–water partition coefficient (Wildman–Crippen LogP) is 5.82. The maximum absolute atomic E-state index is 6.40. The van der Waals surface area contributed by atoms with Crippen LogP contribution < -0.4 is 5.32 Å². The van der Waals surface area contributed by atoms with Crippen molar-refractivity contribution in [1.29, 1.82) is 0 Å². The molecule has 0 radical (unpaired) electrons. The normalized spacial score (nSPS) is 14.5. The van der Waals surface area contributed by atoms with Crippen LogP contribution >= 0.6 is 35.4 Å². The van der Waals surface area contributed by atoms with Gasteiger partial charge in [0.15, 0.2) is 5.82 Å². The zero-order chi connectivity index (χ0) is 24.9. The lowest BCUT2D eigenvalue weighted by Gasteiger charge is -2.25. The number of halogens is 2. The van der Waals surface area contributed by atoms with Crippen molar-refractivity contribution in [1.82, 2.24) is 19.4 Å². The minimum atomic E-state index is 0.473. The molecule has 5 rings (SSSR count). The van der Waals surface area contributed by atoms with Crippen LogP contribution in [0.25, 0.3) is 0 Å². The summed E-state index contributed by atoms with van der Waals surface area (Å²) >= 11 is 18.6. The molecule has 0 atom stereocenters. The number of hydrogen-bond acceptors (Lipinski definition) is 7. The lowest BCUT2D eigenvalue weighted by Crippen LogP contribution is -2.37. The molecule has 1 fully saturated rings. The Morgan fingerprint density at radius 1 is 1.03 bits per heavy atom. The van der Waals surface area contributed by atoms with Crippen LogP contribution in [-0.4, -0.2) is 51.9 Å². The summed E-state index contributed by atoms with van der Waals surface area (Å²) in [5.74, 6) is 1.31. The van der Waals surface area contributed by atoms with Crippen molar-refractivity contribution in [3.05, 3.63) is 92.8 Å². The van der Waals surface area contributed by atoms with Crippen molar-refractivity contribution in [2.75, 3.05) is 31.6 Å². The molecule has 1 N–H and O–H groups in total. The van der Waals surface area contributed by atoms with E-state index in [0.29, 0.717) is 58.4 Å². The second-order valence-corrected chi connectivity index (χ2v) is 9.38. The van der Waals surface area contributed by atoms with Gasteiger partial charge in [-0.05, 0) is 48.1 Å². The zero-order valence-electron chi connectivity index (χ0n) is 19.3. The quantitative estimate of drug-likeness (QED) is 0.223. The number of furan rings is 1. The Balaban J connectivity index is 1.48. The first kappa shape index (κ1) is 24.7. The molecule has 11 heteroatoms. The predicted molar refractivity (Wildman–Crippen MR) is 144 cm³/mol. The molecule has 0 saturated carbocycles. The van der Waals surface area contributed by atoms with Crippen molar-refractivity contribution < 1.29 is 9.15 Å². The fraction of sp³-hybridized carbons (Fsp3) is 0.240. The van der Waals surface area contributed by atoms with Gasteiger partial charge in [0.05, 0.1) is 48.1 Å². The summed E-state index contributed by atoms with van der Waals surface area (Å²) in [6.45, 7) is 3.60. The number of nitrogens with zero attached hydrogens (tertiary/aromatic N) is 5. The van der Waals surface area contributed by atoms with Gasteiger partial charge in [0.2, 0.25) is 4.77 Å². The minimum Gasteiger partial charge on any atom is -0.463 e. The number of nitrogens with one attached hydrogen (secondary N) is 1. The highest BCUT2D eigenvalue weighted by Gasteiger charge is 2.17. The maximum Gasteiger partial charge on any atom is 0.220 e. The first-order valence-corrected chi connectivity index (χ1v) is 12.6. The van der Waals surface area contributed by atoms with Crippen molar-refractivity contribution in [2.45, 2.75) is 13.1 Å². The molecule has 0 spiro atoms. The van der Waals surface area contributed by atoms with Crippen LogP contribution in [0.1, 0.15) is 17.1 Å². The third-order valence-corrected chi connectivity index (χ3v) is 6.77. The molecular formula is C25H24Cl2N6O2S. The van der Waals surface area contributed by atoms with Crippen molar-refractivity contribution in [3.8, 4) is 0 Å². The van der Waals surface area contributed by atoms with E-state index in [-0.39, 0.29) is 0 Å². The van der Waals surface area contributed by atoms with E-state index in [1.807, 2.05) is 42.5 Å². The van der Waals surface area contributed by atoms with Crippen molar-refractivity contribution in [3.63, 3.8) is 0 Å². The van der Waals surface area contributed by atoms with E-state index in [1.54, 1.807) is 34.0 Å². The van der Waals surface area contributed by atoms with E-state index in [1.165, 1.54) is 0 Å². The number of rotatable bonds is 8. The first-order chi connectivity index (χ1) is 17.6. The van der Waals surface area contributed by atoms with E-state index in [0.717, 1.165) is 24.3 Å². The summed E-state index contributed by atoms with van der Waals surface area (Å²) in [5.41, 5.74) is 2.50. The van der Waals surface area contributed by atoms with Gasteiger partial charge in [0, 0.05) is 25.2 Å². The number of anilines is 2. The summed E-state index contributed by atoms with van der Waals surface area (Å²) in [5, 5.41) is 13.9. The van der Waals surface area contributed by atoms with Crippen LogP contribution in [0.3, 0.4) is 0 Å². The molecule has 3 heterocycles. The van der Waals surface area contributed by atoms with Gasteiger partial charge in [0.25, 0.3) is 0 Å². The van der Waals surface area contributed by atoms with E-state index in [9.17, 15) is 0 Å². The summed E-state index contributed by atoms with van der Waals surface area (Å²) < 4.78 is 14.9. The molecular weight excluding hydrogens is 519 g/mol. The van der Waals surface area contributed by atoms with Gasteiger partial charge in [-0.15, -0.1) is 0 Å². The van der Waals surface area contributed by atoms with E-state index in [2.05, 4.69) is 15.3 Å². The maximum atomic E-state index is 6.40. The summed E-state index contributed by atoms with van der Waals surface area (Å²) in [6.07, 6.45) is 3.71. The average molecular weight is 543 g/mol. The fourth-order valence-electron chi connectivity index (χ4n) is 3.89. The standard InChI is InChI=1S/C25H24Cl2N6O2S/c26-20-7-3-8-21(27)24(20)29-22-9-2-1-5-18(22)15-23-30-32(17-31-10-13-34-14-11-31)25(36)33(23)28-16-19-6-4-12-35-19/h1-9,12,16,29H,10-11,13-15,17H2/b28-16+. The number of ether oxygens (including phenoxy) is 1. The van der Waals surface area contributed by atoms with E-state index >= 15 is 0 Å². The lowest BCUT2D eigenvalue weighted by atomic mass is 10.1. The highest BCUT2D eigenvalue weighted by Crippen LogP contribution is 2.34. The van der Waals surface area contributed by atoms with Crippen LogP contribution in [-0.2, 0) is 17.8 Å². The molecule has 36 heavy (non-hydrogen) atoms. The molecule has 4 aromatic rings. The number of benzene rings is 2. The monoisotopic (exact) mass is 542 g/mol. The molecule has 1 aliphatic rings. The number of para-hydroxylation sites is 2. The third kappa shape index (κ3) is 5.71. The SMILES string of the molecule is S=c1n(CN2CCOCC2)nc(Cc2ccccc2Nc2c(Cl)cccc2Cl)n1/N=C/c1ccco1. The van der Waals surface area contributed by atoms with Gasteiger partial charge in [-0.1, -0.05) is 47.5 Å². The van der Waals surface area contributed by atoms with Gasteiger partial charge in [-0.2, -0.15) is 14.9 Å². The third-order valence-electron chi connectivity index (χ3n) is 5.75. The Morgan fingerprint density at radius 3 is 2.56 bits per heavy atom. The summed E-state index contributed by atoms with van der Waals surface area (Å²) in [4.78, 5) is 2.26. The Kier molecular flexibility index (Phi) is 7.84. The largest absolute Gasteiger partial charge is 0.463 e. The summed E-state index contributed by atoms with van der Waals surface area (Å²) in [6, 6.07) is 17.0. The van der Waals surface area contributed by atoms with Crippen LogP contribution in [0.15, 0.2) is 70.4 Å². The molecule has 2 aromatic carbocycles. The van der Waals surface area contributed by atoms with Crippen molar-refractivity contribution in [2.24, 2.45) is 5.10 Å². The Bertz CT molecular complexity index is 1390. The van der Waals surface area contributed by atoms with Gasteiger partial charge in [-0.3, -0.25) is 4.90 Å². The minimum absolute atomic E-state index is 0.473. The highest BCUT2D eigenvalue weighted by molar-refractivity contribution is 7.71. The molecule has 8 nitrogen and oxygen atoms in total. The van der Waals surface area contributed by atoms with Gasteiger partial charge >= 0.3 is 0 Å². The van der Waals surface area contributed by atoms with E-state index < -0.39 is 0 Å². The Morgan fingerprint density at radius 2 is 1.81 bits per heavy atom. The smallest absolute Gasteiger partial charge is 0.220 e.